The minimum Gasteiger partial charge on any atom is -0.397 e. The van der Waals surface area contributed by atoms with Crippen LogP contribution in [0.4, 0.5) is 10.1 Å². The maximum Gasteiger partial charge on any atom is 0.131 e. The molecule has 16 heavy (non-hydrogen) atoms. The first kappa shape index (κ1) is 10.9. The molecule has 0 fully saturated rings. The van der Waals surface area contributed by atoms with E-state index in [1.807, 2.05) is 6.92 Å². The average Bonchev–Trinajstić information content (AvgIpc) is 2.26. The quantitative estimate of drug-likeness (QED) is 0.824. The largest absolute Gasteiger partial charge is 0.397 e. The maximum atomic E-state index is 13.6. The number of rotatable bonds is 1. The highest BCUT2D eigenvalue weighted by molar-refractivity contribution is 6.30. The van der Waals surface area contributed by atoms with Crippen LogP contribution in [0.5, 0.6) is 0 Å². The zero-order valence-corrected chi connectivity index (χ0v) is 9.42. The van der Waals surface area contributed by atoms with Gasteiger partial charge in [-0.2, -0.15) is 0 Å². The van der Waals surface area contributed by atoms with Gasteiger partial charge in [0.05, 0.1) is 11.9 Å². The first-order chi connectivity index (χ1) is 7.59. The summed E-state index contributed by atoms with van der Waals surface area (Å²) in [6.07, 6.45) is 3.13. The lowest BCUT2D eigenvalue weighted by Gasteiger charge is -2.09. The standard InChI is InChI=1S/C12H10ClFN2/c1-7-10(5-16-6-12(7)15)9-4-8(13)2-3-11(9)14/h2-6H,15H2,1H3. The summed E-state index contributed by atoms with van der Waals surface area (Å²) in [7, 11) is 0. The number of hydrogen-bond donors (Lipinski definition) is 1. The van der Waals surface area contributed by atoms with Gasteiger partial charge in [0.15, 0.2) is 0 Å². The Hall–Kier alpha value is -1.61. The van der Waals surface area contributed by atoms with Crippen molar-refractivity contribution in [2.45, 2.75) is 6.92 Å². The third kappa shape index (κ3) is 1.86. The molecule has 0 amide bonds. The third-order valence-electron chi connectivity index (χ3n) is 2.47. The number of nitrogens with two attached hydrogens (primary N) is 1. The predicted octanol–water partition coefficient (Wildman–Crippen LogP) is 3.43. The van der Waals surface area contributed by atoms with Gasteiger partial charge in [0.25, 0.3) is 0 Å². The molecular formula is C12H10ClFN2. The summed E-state index contributed by atoms with van der Waals surface area (Å²) in [5.74, 6) is -0.333. The molecule has 0 saturated carbocycles. The van der Waals surface area contributed by atoms with Crippen molar-refractivity contribution in [2.75, 3.05) is 5.73 Å². The lowest BCUT2D eigenvalue weighted by atomic mass is 10.0. The predicted molar refractivity (Wildman–Crippen MR) is 63.8 cm³/mol. The van der Waals surface area contributed by atoms with E-state index in [9.17, 15) is 4.39 Å². The Morgan fingerprint density at radius 2 is 2.00 bits per heavy atom. The number of benzene rings is 1. The van der Waals surface area contributed by atoms with Gasteiger partial charge in [0.2, 0.25) is 0 Å². The van der Waals surface area contributed by atoms with Gasteiger partial charge >= 0.3 is 0 Å². The van der Waals surface area contributed by atoms with E-state index in [1.54, 1.807) is 18.5 Å². The van der Waals surface area contributed by atoms with Crippen LogP contribution in [-0.4, -0.2) is 4.98 Å². The summed E-state index contributed by atoms with van der Waals surface area (Å²) in [5.41, 5.74) is 8.16. The zero-order chi connectivity index (χ0) is 11.7. The summed E-state index contributed by atoms with van der Waals surface area (Å²) < 4.78 is 13.6. The van der Waals surface area contributed by atoms with E-state index >= 15 is 0 Å². The second kappa shape index (κ2) is 4.10. The second-order valence-corrected chi connectivity index (χ2v) is 3.96. The van der Waals surface area contributed by atoms with E-state index < -0.39 is 0 Å². The van der Waals surface area contributed by atoms with E-state index in [2.05, 4.69) is 4.98 Å². The van der Waals surface area contributed by atoms with Crippen LogP contribution in [0.1, 0.15) is 5.56 Å². The molecule has 0 saturated heterocycles. The maximum absolute atomic E-state index is 13.6. The van der Waals surface area contributed by atoms with Crippen molar-refractivity contribution < 1.29 is 4.39 Å². The van der Waals surface area contributed by atoms with E-state index in [0.29, 0.717) is 21.8 Å². The minimum absolute atomic E-state index is 0.333. The van der Waals surface area contributed by atoms with Crippen molar-refractivity contribution in [3.63, 3.8) is 0 Å². The molecule has 0 aliphatic heterocycles. The van der Waals surface area contributed by atoms with Crippen LogP contribution in [0.3, 0.4) is 0 Å². The molecule has 2 N–H and O–H groups in total. The van der Waals surface area contributed by atoms with Crippen molar-refractivity contribution in [2.24, 2.45) is 0 Å². The van der Waals surface area contributed by atoms with Gasteiger partial charge in [-0.05, 0) is 30.7 Å². The molecule has 2 nitrogen and oxygen atoms in total. The number of aromatic nitrogens is 1. The zero-order valence-electron chi connectivity index (χ0n) is 8.67. The summed E-state index contributed by atoms with van der Waals surface area (Å²) >= 11 is 5.84. The van der Waals surface area contributed by atoms with E-state index in [1.165, 1.54) is 12.1 Å². The first-order valence-corrected chi connectivity index (χ1v) is 5.13. The molecule has 0 spiro atoms. The second-order valence-electron chi connectivity index (χ2n) is 3.53. The van der Waals surface area contributed by atoms with Gasteiger partial charge in [-0.1, -0.05) is 11.6 Å². The van der Waals surface area contributed by atoms with Gasteiger partial charge in [-0.15, -0.1) is 0 Å². The molecule has 0 radical (unpaired) electrons. The fourth-order valence-electron chi connectivity index (χ4n) is 1.52. The van der Waals surface area contributed by atoms with Gasteiger partial charge in [0, 0.05) is 22.3 Å². The van der Waals surface area contributed by atoms with Gasteiger partial charge in [-0.3, -0.25) is 4.98 Å². The molecule has 2 rings (SSSR count). The number of nitrogens with zero attached hydrogens (tertiary/aromatic N) is 1. The molecule has 1 aromatic carbocycles. The highest BCUT2D eigenvalue weighted by Gasteiger charge is 2.10. The molecule has 82 valence electrons. The Labute approximate surface area is 97.9 Å². The van der Waals surface area contributed by atoms with E-state index in [-0.39, 0.29) is 5.82 Å². The van der Waals surface area contributed by atoms with Crippen LogP contribution in [0.15, 0.2) is 30.6 Å². The monoisotopic (exact) mass is 236 g/mol. The van der Waals surface area contributed by atoms with E-state index in [0.717, 1.165) is 5.56 Å². The van der Waals surface area contributed by atoms with E-state index in [4.69, 9.17) is 17.3 Å². The Morgan fingerprint density at radius 3 is 2.75 bits per heavy atom. The summed E-state index contributed by atoms with van der Waals surface area (Å²) in [6, 6.07) is 4.41. The molecule has 0 aliphatic rings. The Kier molecular flexibility index (Phi) is 2.79. The number of pyridine rings is 1. The van der Waals surface area contributed by atoms with Crippen molar-refractivity contribution in [3.05, 3.63) is 47.0 Å². The third-order valence-corrected chi connectivity index (χ3v) is 2.71. The average molecular weight is 237 g/mol. The van der Waals surface area contributed by atoms with Crippen LogP contribution >= 0.6 is 11.6 Å². The van der Waals surface area contributed by atoms with Crippen molar-refractivity contribution in [1.29, 1.82) is 0 Å². The number of halogens is 2. The van der Waals surface area contributed by atoms with Crippen molar-refractivity contribution >= 4 is 17.3 Å². The molecule has 4 heteroatoms. The summed E-state index contributed by atoms with van der Waals surface area (Å²) in [5, 5.41) is 0.484. The normalized spacial score (nSPS) is 10.4. The SMILES string of the molecule is Cc1c(N)cncc1-c1cc(Cl)ccc1F. The van der Waals surface area contributed by atoms with Crippen molar-refractivity contribution in [1.82, 2.24) is 4.98 Å². The summed E-state index contributed by atoms with van der Waals surface area (Å²) in [4.78, 5) is 3.96. The highest BCUT2D eigenvalue weighted by Crippen LogP contribution is 2.30. The summed E-state index contributed by atoms with van der Waals surface area (Å²) in [6.45, 7) is 1.83. The molecule has 0 unspecified atom stereocenters. The number of nitrogen functional groups attached to an aromatic ring is 1. The van der Waals surface area contributed by atoms with Gasteiger partial charge in [-0.25, -0.2) is 4.39 Å². The van der Waals surface area contributed by atoms with Crippen molar-refractivity contribution in [3.8, 4) is 11.1 Å². The van der Waals surface area contributed by atoms with Crippen LogP contribution < -0.4 is 5.73 Å². The molecular weight excluding hydrogens is 227 g/mol. The highest BCUT2D eigenvalue weighted by atomic mass is 35.5. The molecule has 0 atom stereocenters. The number of hydrogen-bond acceptors (Lipinski definition) is 2. The minimum atomic E-state index is -0.333. The Bertz CT molecular complexity index is 541. The fraction of sp³-hybridized carbons (Fsp3) is 0.0833. The van der Waals surface area contributed by atoms with Crippen LogP contribution in [-0.2, 0) is 0 Å². The Morgan fingerprint density at radius 1 is 1.25 bits per heavy atom. The van der Waals surface area contributed by atoms with Crippen LogP contribution in [0, 0.1) is 12.7 Å². The molecule has 0 bridgehead atoms. The van der Waals surface area contributed by atoms with Gasteiger partial charge < -0.3 is 5.73 Å². The molecule has 2 aromatic rings. The Balaban J connectivity index is 2.67. The lowest BCUT2D eigenvalue weighted by Crippen LogP contribution is -1.95. The van der Waals surface area contributed by atoms with Gasteiger partial charge in [0.1, 0.15) is 5.82 Å². The number of anilines is 1. The lowest BCUT2D eigenvalue weighted by molar-refractivity contribution is 0.631. The molecule has 1 aromatic heterocycles. The molecule has 1 heterocycles. The fourth-order valence-corrected chi connectivity index (χ4v) is 1.69. The smallest absolute Gasteiger partial charge is 0.131 e. The molecule has 0 aliphatic carbocycles. The first-order valence-electron chi connectivity index (χ1n) is 4.75. The topological polar surface area (TPSA) is 38.9 Å². The van der Waals surface area contributed by atoms with Crippen LogP contribution in [0.2, 0.25) is 5.02 Å². The van der Waals surface area contributed by atoms with Crippen LogP contribution in [0.25, 0.3) is 11.1 Å².